The number of benzene rings is 2. The number of nitrogens with zero attached hydrogens (tertiary/aromatic N) is 4. The lowest BCUT2D eigenvalue weighted by Crippen LogP contribution is -2.15. The quantitative estimate of drug-likeness (QED) is 0.462. The molecule has 0 N–H and O–H groups in total. The van der Waals surface area contributed by atoms with Crippen LogP contribution in [0.15, 0.2) is 58.8 Å². The number of para-hydroxylation sites is 1. The van der Waals surface area contributed by atoms with E-state index < -0.39 is 4.92 Å². The third-order valence-electron chi connectivity index (χ3n) is 3.12. The monoisotopic (exact) mass is 284 g/mol. The maximum absolute atomic E-state index is 10.9. The molecule has 0 aliphatic rings. The smallest absolute Gasteiger partial charge is 0.296 e. The Morgan fingerprint density at radius 1 is 1.10 bits per heavy atom. The highest BCUT2D eigenvalue weighted by Crippen LogP contribution is 2.28. The number of azo groups is 1. The zero-order valence-corrected chi connectivity index (χ0v) is 11.9. The second-order valence-corrected chi connectivity index (χ2v) is 4.48. The summed E-state index contributed by atoms with van der Waals surface area (Å²) in [6.45, 7) is 2.99. The van der Waals surface area contributed by atoms with Crippen molar-refractivity contribution in [1.82, 2.24) is 0 Å². The van der Waals surface area contributed by atoms with E-state index in [1.807, 2.05) is 31.3 Å². The zero-order chi connectivity index (χ0) is 15.2. The SMILES string of the molecule is CCN(C)c1ccc(N=Nc2ccccc2[N+](=O)[O-])cc1. The third-order valence-corrected chi connectivity index (χ3v) is 3.12. The lowest BCUT2D eigenvalue weighted by molar-refractivity contribution is -0.384. The molecular weight excluding hydrogens is 268 g/mol. The summed E-state index contributed by atoms with van der Waals surface area (Å²) in [6.07, 6.45) is 0. The number of hydrogen-bond acceptors (Lipinski definition) is 5. The fraction of sp³-hybridized carbons (Fsp3) is 0.200. The highest BCUT2D eigenvalue weighted by atomic mass is 16.6. The Morgan fingerprint density at radius 2 is 1.76 bits per heavy atom. The summed E-state index contributed by atoms with van der Waals surface area (Å²) in [5.74, 6) is 0. The van der Waals surface area contributed by atoms with E-state index in [0.717, 1.165) is 12.2 Å². The van der Waals surface area contributed by atoms with E-state index in [9.17, 15) is 10.1 Å². The summed E-state index contributed by atoms with van der Waals surface area (Å²) < 4.78 is 0. The first-order chi connectivity index (χ1) is 10.1. The molecule has 0 bridgehead atoms. The molecule has 2 rings (SSSR count). The molecular formula is C15H16N4O2. The van der Waals surface area contributed by atoms with E-state index in [4.69, 9.17) is 0 Å². The van der Waals surface area contributed by atoms with E-state index in [-0.39, 0.29) is 11.4 Å². The fourth-order valence-electron chi connectivity index (χ4n) is 1.77. The average molecular weight is 284 g/mol. The maximum Gasteiger partial charge on any atom is 0.296 e. The summed E-state index contributed by atoms with van der Waals surface area (Å²) >= 11 is 0. The van der Waals surface area contributed by atoms with Gasteiger partial charge in [0.2, 0.25) is 0 Å². The Hall–Kier alpha value is -2.76. The molecule has 0 atom stereocenters. The molecule has 6 nitrogen and oxygen atoms in total. The lowest BCUT2D eigenvalue weighted by atomic mass is 10.2. The van der Waals surface area contributed by atoms with Gasteiger partial charge in [0.15, 0.2) is 5.69 Å². The van der Waals surface area contributed by atoms with Crippen molar-refractivity contribution in [2.75, 3.05) is 18.5 Å². The van der Waals surface area contributed by atoms with Crippen molar-refractivity contribution >= 4 is 22.7 Å². The van der Waals surface area contributed by atoms with Crippen molar-refractivity contribution < 1.29 is 4.92 Å². The van der Waals surface area contributed by atoms with Gasteiger partial charge in [0.25, 0.3) is 5.69 Å². The Kier molecular flexibility index (Phi) is 4.61. The van der Waals surface area contributed by atoms with E-state index in [2.05, 4.69) is 22.1 Å². The van der Waals surface area contributed by atoms with Crippen LogP contribution in [0.5, 0.6) is 0 Å². The van der Waals surface area contributed by atoms with Crippen LogP contribution in [0.2, 0.25) is 0 Å². The van der Waals surface area contributed by atoms with Crippen molar-refractivity contribution in [1.29, 1.82) is 0 Å². The van der Waals surface area contributed by atoms with Gasteiger partial charge < -0.3 is 4.90 Å². The van der Waals surface area contributed by atoms with Gasteiger partial charge in [-0.05, 0) is 37.3 Å². The van der Waals surface area contributed by atoms with E-state index in [1.54, 1.807) is 18.2 Å². The molecule has 0 aliphatic heterocycles. The molecule has 0 spiro atoms. The second kappa shape index (κ2) is 6.60. The fourth-order valence-corrected chi connectivity index (χ4v) is 1.77. The Morgan fingerprint density at radius 3 is 2.38 bits per heavy atom. The third kappa shape index (κ3) is 3.62. The van der Waals surface area contributed by atoms with Crippen molar-refractivity contribution in [2.45, 2.75) is 6.92 Å². The Balaban J connectivity index is 2.20. The molecule has 0 amide bonds. The minimum atomic E-state index is -0.465. The van der Waals surface area contributed by atoms with Crippen molar-refractivity contribution in [3.63, 3.8) is 0 Å². The van der Waals surface area contributed by atoms with Gasteiger partial charge in [0.1, 0.15) is 0 Å². The lowest BCUT2D eigenvalue weighted by Gasteiger charge is -2.16. The molecule has 0 unspecified atom stereocenters. The van der Waals surface area contributed by atoms with Crippen LogP contribution in [0.1, 0.15) is 6.92 Å². The first kappa shape index (κ1) is 14.6. The minimum absolute atomic E-state index is 0.0522. The number of anilines is 1. The van der Waals surface area contributed by atoms with Crippen LogP contribution in [-0.2, 0) is 0 Å². The Labute approximate surface area is 122 Å². The molecule has 0 saturated heterocycles. The molecule has 2 aromatic rings. The van der Waals surface area contributed by atoms with Crippen LogP contribution >= 0.6 is 0 Å². The molecule has 0 aromatic heterocycles. The maximum atomic E-state index is 10.9. The van der Waals surface area contributed by atoms with Gasteiger partial charge in [0.05, 0.1) is 10.6 Å². The van der Waals surface area contributed by atoms with Crippen LogP contribution in [0, 0.1) is 10.1 Å². The van der Waals surface area contributed by atoms with Crippen LogP contribution in [0.3, 0.4) is 0 Å². The van der Waals surface area contributed by atoms with Crippen LogP contribution in [-0.4, -0.2) is 18.5 Å². The Bertz CT molecular complexity index is 653. The van der Waals surface area contributed by atoms with Gasteiger partial charge in [-0.25, -0.2) is 0 Å². The normalized spacial score (nSPS) is 10.8. The number of nitro groups is 1. The zero-order valence-electron chi connectivity index (χ0n) is 11.9. The summed E-state index contributed by atoms with van der Waals surface area (Å²) in [6, 6.07) is 13.8. The molecule has 2 aromatic carbocycles. The molecule has 6 heteroatoms. The van der Waals surface area contributed by atoms with Crippen LogP contribution in [0.4, 0.5) is 22.7 Å². The molecule has 0 saturated carbocycles. The largest absolute Gasteiger partial charge is 0.375 e. The van der Waals surface area contributed by atoms with Crippen molar-refractivity contribution in [2.24, 2.45) is 10.2 Å². The number of nitro benzene ring substituents is 1. The van der Waals surface area contributed by atoms with E-state index >= 15 is 0 Å². The van der Waals surface area contributed by atoms with Crippen molar-refractivity contribution in [3.05, 3.63) is 58.6 Å². The van der Waals surface area contributed by atoms with Crippen molar-refractivity contribution in [3.8, 4) is 0 Å². The van der Waals surface area contributed by atoms with E-state index in [0.29, 0.717) is 5.69 Å². The predicted octanol–water partition coefficient (Wildman–Crippen LogP) is 4.47. The minimum Gasteiger partial charge on any atom is -0.375 e. The molecule has 0 heterocycles. The molecule has 0 aliphatic carbocycles. The van der Waals surface area contributed by atoms with Crippen LogP contribution < -0.4 is 4.90 Å². The van der Waals surface area contributed by atoms with Crippen LogP contribution in [0.25, 0.3) is 0 Å². The molecule has 21 heavy (non-hydrogen) atoms. The van der Waals surface area contributed by atoms with Gasteiger partial charge >= 0.3 is 0 Å². The highest BCUT2D eigenvalue weighted by Gasteiger charge is 2.11. The average Bonchev–Trinajstić information content (AvgIpc) is 2.52. The molecule has 108 valence electrons. The first-order valence-corrected chi connectivity index (χ1v) is 6.58. The van der Waals surface area contributed by atoms with Gasteiger partial charge in [-0.3, -0.25) is 10.1 Å². The summed E-state index contributed by atoms with van der Waals surface area (Å²) in [7, 11) is 2.00. The van der Waals surface area contributed by atoms with Gasteiger partial charge in [-0.15, -0.1) is 5.11 Å². The summed E-state index contributed by atoms with van der Waals surface area (Å²) in [5.41, 5.74) is 1.93. The summed E-state index contributed by atoms with van der Waals surface area (Å²) in [5, 5.41) is 18.9. The number of hydrogen-bond donors (Lipinski definition) is 0. The van der Waals surface area contributed by atoms with E-state index in [1.165, 1.54) is 6.07 Å². The molecule has 0 fully saturated rings. The number of rotatable bonds is 5. The first-order valence-electron chi connectivity index (χ1n) is 6.58. The topological polar surface area (TPSA) is 71.1 Å². The highest BCUT2D eigenvalue weighted by molar-refractivity contribution is 5.57. The van der Waals surface area contributed by atoms with Gasteiger partial charge in [-0.1, -0.05) is 12.1 Å². The standard InChI is InChI=1S/C15H16N4O2/c1-3-18(2)13-10-8-12(9-11-13)16-17-14-6-4-5-7-15(14)19(20)21/h4-11H,3H2,1-2H3. The van der Waals surface area contributed by atoms with Gasteiger partial charge in [0, 0.05) is 25.3 Å². The predicted molar refractivity (Wildman–Crippen MR) is 82.7 cm³/mol. The second-order valence-electron chi connectivity index (χ2n) is 4.48. The van der Waals surface area contributed by atoms with Gasteiger partial charge in [-0.2, -0.15) is 5.11 Å². The summed E-state index contributed by atoms with van der Waals surface area (Å²) in [4.78, 5) is 12.5. The molecule has 0 radical (unpaired) electrons.